The maximum atomic E-state index is 11.4. The van der Waals surface area contributed by atoms with Gasteiger partial charge in [-0.1, -0.05) is 0 Å². The number of hydrogen-bond donors (Lipinski definition) is 2. The van der Waals surface area contributed by atoms with Crippen molar-refractivity contribution in [1.82, 2.24) is 0 Å². The lowest BCUT2D eigenvalue weighted by Gasteiger charge is -2.06. The van der Waals surface area contributed by atoms with Crippen LogP contribution >= 0.6 is 0 Å². The summed E-state index contributed by atoms with van der Waals surface area (Å²) < 4.78 is 55.8. The van der Waals surface area contributed by atoms with E-state index >= 15 is 0 Å². The Hall–Kier alpha value is -0.170. The molecule has 12 heteroatoms. The van der Waals surface area contributed by atoms with Crippen molar-refractivity contribution in [1.29, 1.82) is 0 Å². The summed E-state index contributed by atoms with van der Waals surface area (Å²) in [7, 11) is -8.75. The van der Waals surface area contributed by atoms with Crippen molar-refractivity contribution in [2.45, 2.75) is 6.04 Å². The molecule has 0 radical (unpaired) electrons. The van der Waals surface area contributed by atoms with Gasteiger partial charge in [-0.2, -0.15) is 0 Å². The topological polar surface area (TPSA) is 149 Å². The number of rotatable bonds is 9. The Morgan fingerprint density at radius 2 is 1.63 bits per heavy atom. The summed E-state index contributed by atoms with van der Waals surface area (Å²) in [6.45, 7) is 0. The molecule has 0 heterocycles. The van der Waals surface area contributed by atoms with Crippen molar-refractivity contribution in [3.05, 3.63) is 0 Å². The van der Waals surface area contributed by atoms with Crippen LogP contribution in [0.25, 0.3) is 0 Å². The van der Waals surface area contributed by atoms with Crippen LogP contribution in [0.4, 0.5) is 0 Å². The molecule has 0 saturated carbocycles. The molecule has 114 valence electrons. The smallest absolute Gasteiger partial charge is 0.321 e. The molecule has 0 aromatic rings. The fraction of sp³-hybridized carbons (Fsp3) is 0.857. The molecule has 0 saturated heterocycles. The van der Waals surface area contributed by atoms with Gasteiger partial charge >= 0.3 is 5.97 Å². The second-order valence-electron chi connectivity index (χ2n) is 3.71. The molecule has 0 aliphatic heterocycles. The fourth-order valence-electron chi connectivity index (χ4n) is 0.920. The lowest BCUT2D eigenvalue weighted by Crippen LogP contribution is -2.36. The van der Waals surface area contributed by atoms with Crippen molar-refractivity contribution in [3.63, 3.8) is 0 Å². The molecule has 0 aromatic carbocycles. The minimum absolute atomic E-state index is 0.361. The van der Waals surface area contributed by atoms with Gasteiger partial charge in [-0.25, -0.2) is 8.42 Å². The monoisotopic (exact) mass is 353 g/mol. The first-order chi connectivity index (χ1) is 8.51. The molecule has 0 fully saturated rings. The average molecular weight is 353 g/mol. The van der Waals surface area contributed by atoms with E-state index in [2.05, 4.69) is 0 Å². The Morgan fingerprint density at radius 3 is 2.05 bits per heavy atom. The van der Waals surface area contributed by atoms with Crippen molar-refractivity contribution < 1.29 is 30.9 Å². The molecule has 0 rings (SSSR count). The van der Waals surface area contributed by atoms with Gasteiger partial charge in [-0.15, -0.1) is 0 Å². The van der Waals surface area contributed by atoms with Gasteiger partial charge < -0.3 is 10.8 Å². The molecule has 0 bridgehead atoms. The number of hydrogen-bond acceptors (Lipinski definition) is 7. The van der Waals surface area contributed by atoms with Crippen LogP contribution in [0, 0.1) is 0 Å². The van der Waals surface area contributed by atoms with Crippen molar-refractivity contribution in [2.75, 3.05) is 27.3 Å². The van der Waals surface area contributed by atoms with E-state index in [9.17, 15) is 25.8 Å². The number of carbonyl (C=O) groups is 1. The van der Waals surface area contributed by atoms with Crippen LogP contribution in [0.2, 0.25) is 0 Å². The highest BCUT2D eigenvalue weighted by atomic mass is 32.3. The Balaban J connectivity index is 4.22. The quantitative estimate of drug-likeness (QED) is 0.464. The number of nitrogens with two attached hydrogens (primary N) is 1. The molecule has 0 amide bonds. The van der Waals surface area contributed by atoms with E-state index in [1.165, 1.54) is 0 Å². The van der Waals surface area contributed by atoms with Crippen LogP contribution in [0.1, 0.15) is 0 Å². The summed E-state index contributed by atoms with van der Waals surface area (Å²) in [6.07, 6.45) is 0.901. The Morgan fingerprint density at radius 1 is 1.16 bits per heavy atom. The van der Waals surface area contributed by atoms with Gasteiger partial charge in [0.05, 0.1) is 5.75 Å². The average Bonchev–Trinajstić information content (AvgIpc) is 2.12. The van der Waals surface area contributed by atoms with Crippen LogP contribution in [0.5, 0.6) is 0 Å². The number of sulfone groups is 1. The van der Waals surface area contributed by atoms with Gasteiger partial charge in [0.25, 0.3) is 0 Å². The van der Waals surface area contributed by atoms with Crippen LogP contribution in [-0.4, -0.2) is 65.4 Å². The van der Waals surface area contributed by atoms with Crippen LogP contribution in [0.3, 0.4) is 0 Å². The van der Waals surface area contributed by atoms with E-state index in [0.29, 0.717) is 0 Å². The minimum atomic E-state index is -3.44. The third kappa shape index (κ3) is 10.3. The summed E-state index contributed by atoms with van der Waals surface area (Å²) in [5, 5.41) is 7.08. The molecule has 3 N–H and O–H groups in total. The zero-order valence-electron chi connectivity index (χ0n) is 10.0. The molecular weight excluding hydrogens is 338 g/mol. The highest BCUT2D eigenvalue weighted by Crippen LogP contribution is 1.98. The molecule has 0 aliphatic carbocycles. The third-order valence-corrected chi connectivity index (χ3v) is 9.26. The SMILES string of the molecule is CS(=O)(=O)CS(=O)CS(=O)CS(=O)C[C@H](N)C(=O)O. The van der Waals surface area contributed by atoms with Gasteiger partial charge in [-0.3, -0.25) is 17.4 Å². The summed E-state index contributed by atoms with van der Waals surface area (Å²) in [6, 6.07) is -1.32. The normalized spacial score (nSPS) is 18.4. The van der Waals surface area contributed by atoms with Gasteiger partial charge in [-0.05, 0) is 0 Å². The van der Waals surface area contributed by atoms with E-state index in [1.54, 1.807) is 0 Å². The fourth-order valence-corrected chi connectivity index (χ4v) is 7.87. The largest absolute Gasteiger partial charge is 0.480 e. The zero-order valence-corrected chi connectivity index (χ0v) is 13.3. The summed E-state index contributed by atoms with van der Waals surface area (Å²) in [4.78, 5) is 10.4. The van der Waals surface area contributed by atoms with E-state index in [-0.39, 0.29) is 10.8 Å². The minimum Gasteiger partial charge on any atom is -0.480 e. The van der Waals surface area contributed by atoms with Crippen LogP contribution < -0.4 is 5.73 Å². The summed E-state index contributed by atoms with van der Waals surface area (Å²) >= 11 is 0. The van der Waals surface area contributed by atoms with Crippen molar-refractivity contribution in [2.24, 2.45) is 5.73 Å². The molecule has 0 aromatic heterocycles. The van der Waals surface area contributed by atoms with Gasteiger partial charge in [0.15, 0.2) is 9.84 Å². The maximum Gasteiger partial charge on any atom is 0.321 e. The number of carboxylic acid groups (broad SMARTS) is 1. The lowest BCUT2D eigenvalue weighted by molar-refractivity contribution is -0.137. The highest BCUT2D eigenvalue weighted by Gasteiger charge is 2.18. The van der Waals surface area contributed by atoms with Crippen LogP contribution in [0.15, 0.2) is 0 Å². The Labute approximate surface area is 118 Å². The van der Waals surface area contributed by atoms with E-state index < -0.39 is 64.4 Å². The number of carboxylic acids is 1. The van der Waals surface area contributed by atoms with E-state index in [1.807, 2.05) is 0 Å². The van der Waals surface area contributed by atoms with E-state index in [0.717, 1.165) is 6.26 Å². The van der Waals surface area contributed by atoms with E-state index in [4.69, 9.17) is 10.8 Å². The van der Waals surface area contributed by atoms with Crippen molar-refractivity contribution in [3.8, 4) is 0 Å². The third-order valence-electron chi connectivity index (χ3n) is 1.55. The van der Waals surface area contributed by atoms with Gasteiger partial charge in [0, 0.05) is 38.7 Å². The maximum absolute atomic E-state index is 11.4. The Bertz CT molecular complexity index is 500. The molecule has 3 unspecified atom stereocenters. The first-order valence-electron chi connectivity index (χ1n) is 4.72. The Kier molecular flexibility index (Phi) is 8.12. The molecular formula is C7H15NO7S4. The standard InChI is InChI=1S/C7H15NO7S4/c1-19(14,15)5-18(13)4-17(12)3-16(11)2-6(8)7(9)10/h6H,2-5,8H2,1H3,(H,9,10)/t6-,16?,17?,18?/m0/s1. The first kappa shape index (κ1) is 18.8. The van der Waals surface area contributed by atoms with Crippen molar-refractivity contribution >= 4 is 48.2 Å². The molecule has 0 aliphatic rings. The second-order valence-corrected chi connectivity index (χ2v) is 11.4. The van der Waals surface area contributed by atoms with Gasteiger partial charge in [0.1, 0.15) is 21.3 Å². The number of aliphatic carboxylic acids is 1. The lowest BCUT2D eigenvalue weighted by atomic mass is 10.4. The predicted octanol–water partition coefficient (Wildman–Crippen LogP) is -2.44. The molecule has 4 atom stereocenters. The molecule has 19 heavy (non-hydrogen) atoms. The second kappa shape index (κ2) is 8.19. The molecule has 8 nitrogen and oxygen atoms in total. The summed E-state index contributed by atoms with van der Waals surface area (Å²) in [5.74, 6) is -1.68. The summed E-state index contributed by atoms with van der Waals surface area (Å²) in [5.41, 5.74) is 5.15. The van der Waals surface area contributed by atoms with Crippen LogP contribution in [-0.2, 0) is 47.0 Å². The van der Waals surface area contributed by atoms with Gasteiger partial charge in [0.2, 0.25) is 0 Å². The zero-order chi connectivity index (χ0) is 15.2. The predicted molar refractivity (Wildman–Crippen MR) is 74.4 cm³/mol. The first-order valence-corrected chi connectivity index (χ1v) is 11.2. The molecule has 0 spiro atoms. The highest BCUT2D eigenvalue weighted by molar-refractivity contribution is 8.13.